The van der Waals surface area contributed by atoms with Crippen molar-refractivity contribution in [3.63, 3.8) is 0 Å². The van der Waals surface area contributed by atoms with Crippen LogP contribution < -0.4 is 10.6 Å². The van der Waals surface area contributed by atoms with Crippen molar-refractivity contribution < 1.29 is 9.59 Å². The van der Waals surface area contributed by atoms with Crippen LogP contribution in [-0.4, -0.2) is 23.1 Å². The van der Waals surface area contributed by atoms with Crippen molar-refractivity contribution in [2.75, 3.05) is 5.32 Å². The topological polar surface area (TPSA) is 82.0 Å². The lowest BCUT2D eigenvalue weighted by molar-refractivity contribution is -0.115. The molecule has 2 N–H and O–H groups in total. The van der Waals surface area contributed by atoms with Gasteiger partial charge < -0.3 is 10.6 Å². The molecule has 114 valence electrons. The fraction of sp³-hybridized carbons (Fsp3) is 0.438. The standard InChI is InChI=1S/C16H17N3O2S/c1-9-15(20)19-13-7-10(5-6-14(13)22-9)16(21)18-12-4-2-3-11(12)8-17/h5-7,9,11-12H,2-4H2,1H3,(H,18,21)(H,19,20). The second-order valence-electron chi connectivity index (χ2n) is 5.71. The molecule has 3 rings (SSSR count). The third-order valence-corrected chi connectivity index (χ3v) is 5.35. The highest BCUT2D eigenvalue weighted by Crippen LogP contribution is 2.36. The smallest absolute Gasteiger partial charge is 0.251 e. The van der Waals surface area contributed by atoms with Gasteiger partial charge in [-0.3, -0.25) is 9.59 Å². The molecule has 3 unspecified atom stereocenters. The first-order valence-electron chi connectivity index (χ1n) is 7.40. The molecule has 1 saturated carbocycles. The fourth-order valence-electron chi connectivity index (χ4n) is 2.89. The van der Waals surface area contributed by atoms with Crippen LogP contribution in [0.2, 0.25) is 0 Å². The lowest BCUT2D eigenvalue weighted by Gasteiger charge is -2.22. The Balaban J connectivity index is 1.75. The van der Waals surface area contributed by atoms with E-state index in [4.69, 9.17) is 5.26 Å². The van der Waals surface area contributed by atoms with Crippen LogP contribution in [0.15, 0.2) is 23.1 Å². The van der Waals surface area contributed by atoms with Crippen LogP contribution in [0.1, 0.15) is 36.5 Å². The van der Waals surface area contributed by atoms with Crippen LogP contribution >= 0.6 is 11.8 Å². The molecular weight excluding hydrogens is 298 g/mol. The normalized spacial score (nSPS) is 26.7. The van der Waals surface area contributed by atoms with Gasteiger partial charge >= 0.3 is 0 Å². The van der Waals surface area contributed by atoms with Gasteiger partial charge in [0.15, 0.2) is 0 Å². The van der Waals surface area contributed by atoms with Gasteiger partial charge in [-0.2, -0.15) is 5.26 Å². The molecule has 1 aliphatic heterocycles. The summed E-state index contributed by atoms with van der Waals surface area (Å²) in [7, 11) is 0. The first-order valence-corrected chi connectivity index (χ1v) is 8.28. The number of hydrogen-bond donors (Lipinski definition) is 2. The van der Waals surface area contributed by atoms with Crippen LogP contribution in [0, 0.1) is 17.2 Å². The molecule has 22 heavy (non-hydrogen) atoms. The second kappa shape index (κ2) is 6.01. The Morgan fingerprint density at radius 1 is 1.45 bits per heavy atom. The maximum Gasteiger partial charge on any atom is 0.251 e. The van der Waals surface area contributed by atoms with Crippen LogP contribution in [-0.2, 0) is 4.79 Å². The van der Waals surface area contributed by atoms with E-state index in [1.54, 1.807) is 12.1 Å². The molecule has 0 aromatic heterocycles. The minimum Gasteiger partial charge on any atom is -0.348 e. The zero-order valence-corrected chi connectivity index (χ0v) is 13.1. The first-order chi connectivity index (χ1) is 10.6. The molecule has 0 saturated heterocycles. The lowest BCUT2D eigenvalue weighted by atomic mass is 10.1. The van der Waals surface area contributed by atoms with E-state index >= 15 is 0 Å². The first kappa shape index (κ1) is 14.9. The van der Waals surface area contributed by atoms with E-state index in [9.17, 15) is 9.59 Å². The van der Waals surface area contributed by atoms with Crippen molar-refractivity contribution in [1.29, 1.82) is 5.26 Å². The molecule has 5 nitrogen and oxygen atoms in total. The maximum atomic E-state index is 12.4. The Hall–Kier alpha value is -2.00. The zero-order chi connectivity index (χ0) is 15.7. The lowest BCUT2D eigenvalue weighted by Crippen LogP contribution is -2.37. The number of anilines is 1. The quantitative estimate of drug-likeness (QED) is 0.878. The van der Waals surface area contributed by atoms with Crippen LogP contribution in [0.25, 0.3) is 0 Å². The minimum absolute atomic E-state index is 0.0459. The summed E-state index contributed by atoms with van der Waals surface area (Å²) >= 11 is 1.49. The summed E-state index contributed by atoms with van der Waals surface area (Å²) in [6.07, 6.45) is 2.66. The predicted molar refractivity (Wildman–Crippen MR) is 84.6 cm³/mol. The molecule has 6 heteroatoms. The highest BCUT2D eigenvalue weighted by Gasteiger charge is 2.29. The molecule has 3 atom stereocenters. The molecule has 2 aliphatic rings. The van der Waals surface area contributed by atoms with Gasteiger partial charge in [0, 0.05) is 16.5 Å². The van der Waals surface area contributed by atoms with Crippen molar-refractivity contribution in [2.24, 2.45) is 5.92 Å². The molecule has 1 fully saturated rings. The van der Waals surface area contributed by atoms with Gasteiger partial charge in [-0.1, -0.05) is 0 Å². The van der Waals surface area contributed by atoms with Gasteiger partial charge in [-0.05, 0) is 44.4 Å². The molecule has 1 aliphatic carbocycles. The number of fused-ring (bicyclic) bond motifs is 1. The average molecular weight is 315 g/mol. The number of rotatable bonds is 2. The SMILES string of the molecule is CC1Sc2ccc(C(=O)NC3CCCC3C#N)cc2NC1=O. The monoisotopic (exact) mass is 315 g/mol. The number of hydrogen-bond acceptors (Lipinski definition) is 4. The zero-order valence-electron chi connectivity index (χ0n) is 12.3. The van der Waals surface area contributed by atoms with E-state index in [1.165, 1.54) is 11.8 Å². The Bertz CT molecular complexity index is 668. The second-order valence-corrected chi connectivity index (χ2v) is 7.09. The number of carbonyl (C=O) groups excluding carboxylic acids is 2. The van der Waals surface area contributed by atoms with Crippen molar-refractivity contribution in [1.82, 2.24) is 5.32 Å². The number of benzene rings is 1. The van der Waals surface area contributed by atoms with Crippen LogP contribution in [0.3, 0.4) is 0 Å². The summed E-state index contributed by atoms with van der Waals surface area (Å²) in [6, 6.07) is 7.52. The molecule has 0 bridgehead atoms. The fourth-order valence-corrected chi connectivity index (χ4v) is 3.82. The third-order valence-electron chi connectivity index (χ3n) is 4.17. The van der Waals surface area contributed by atoms with Crippen molar-refractivity contribution in [3.8, 4) is 6.07 Å². The number of thioether (sulfide) groups is 1. The number of amides is 2. The summed E-state index contributed by atoms with van der Waals surface area (Å²) in [4.78, 5) is 25.1. The van der Waals surface area contributed by atoms with Crippen molar-refractivity contribution in [2.45, 2.75) is 42.4 Å². The summed E-state index contributed by atoms with van der Waals surface area (Å²) in [5, 5.41) is 14.7. The number of nitriles is 1. The number of nitrogens with one attached hydrogen (secondary N) is 2. The number of nitrogens with zero attached hydrogens (tertiary/aromatic N) is 1. The van der Waals surface area contributed by atoms with Gasteiger partial charge in [0.05, 0.1) is 22.9 Å². The molecular formula is C16H17N3O2S. The van der Waals surface area contributed by atoms with E-state index in [0.29, 0.717) is 11.3 Å². The van der Waals surface area contributed by atoms with Crippen LogP contribution in [0.5, 0.6) is 0 Å². The minimum atomic E-state index is -0.187. The molecule has 1 heterocycles. The molecule has 2 amide bonds. The molecule has 1 aromatic carbocycles. The van der Waals surface area contributed by atoms with Crippen molar-refractivity contribution in [3.05, 3.63) is 23.8 Å². The Kier molecular flexibility index (Phi) is 4.08. The van der Waals surface area contributed by atoms with E-state index in [1.807, 2.05) is 13.0 Å². The van der Waals surface area contributed by atoms with E-state index in [2.05, 4.69) is 16.7 Å². The Morgan fingerprint density at radius 3 is 3.05 bits per heavy atom. The van der Waals surface area contributed by atoms with Gasteiger partial charge in [-0.15, -0.1) is 11.8 Å². The average Bonchev–Trinajstić information content (AvgIpc) is 2.95. The largest absolute Gasteiger partial charge is 0.348 e. The van der Waals surface area contributed by atoms with E-state index in [-0.39, 0.29) is 29.0 Å². The van der Waals surface area contributed by atoms with E-state index in [0.717, 1.165) is 24.2 Å². The summed E-state index contributed by atoms with van der Waals surface area (Å²) in [5.41, 5.74) is 1.20. The van der Waals surface area contributed by atoms with Crippen LogP contribution in [0.4, 0.5) is 5.69 Å². The Labute approximate surface area is 133 Å². The highest BCUT2D eigenvalue weighted by molar-refractivity contribution is 8.00. The van der Waals surface area contributed by atoms with E-state index < -0.39 is 0 Å². The maximum absolute atomic E-state index is 12.4. The number of carbonyl (C=O) groups is 2. The van der Waals surface area contributed by atoms with Gasteiger partial charge in [-0.25, -0.2) is 0 Å². The molecule has 0 radical (unpaired) electrons. The van der Waals surface area contributed by atoms with Gasteiger partial charge in [0.2, 0.25) is 5.91 Å². The highest BCUT2D eigenvalue weighted by atomic mass is 32.2. The molecule has 0 spiro atoms. The third kappa shape index (κ3) is 2.81. The van der Waals surface area contributed by atoms with Crippen molar-refractivity contribution >= 4 is 29.3 Å². The summed E-state index contributed by atoms with van der Waals surface area (Å²) in [6.45, 7) is 1.85. The van der Waals surface area contributed by atoms with Gasteiger partial charge in [0.25, 0.3) is 5.91 Å². The predicted octanol–water partition coefficient (Wildman–Crippen LogP) is 2.54. The Morgan fingerprint density at radius 2 is 2.27 bits per heavy atom. The summed E-state index contributed by atoms with van der Waals surface area (Å²) < 4.78 is 0. The summed E-state index contributed by atoms with van der Waals surface area (Å²) in [5.74, 6) is -0.332. The molecule has 1 aromatic rings. The van der Waals surface area contributed by atoms with Gasteiger partial charge in [0.1, 0.15) is 0 Å².